The summed E-state index contributed by atoms with van der Waals surface area (Å²) in [5, 5.41) is 19.3. The molecule has 4 N–H and O–H groups in total. The average molecular weight is 2290 g/mol. The van der Waals surface area contributed by atoms with Gasteiger partial charge in [0.1, 0.15) is 0 Å². The van der Waals surface area contributed by atoms with Gasteiger partial charge in [-0.1, -0.05) is 224 Å². The van der Waals surface area contributed by atoms with E-state index in [1.807, 2.05) is 85.8 Å². The summed E-state index contributed by atoms with van der Waals surface area (Å²) >= 11 is 88.9. The summed E-state index contributed by atoms with van der Waals surface area (Å²) in [5.41, 5.74) is 14.3. The van der Waals surface area contributed by atoms with E-state index >= 15 is 0 Å². The van der Waals surface area contributed by atoms with Crippen molar-refractivity contribution in [2.75, 3.05) is 48.7 Å². The van der Waals surface area contributed by atoms with Gasteiger partial charge in [0.05, 0.1) is 49.4 Å². The first-order valence-electron chi connectivity index (χ1n) is 42.9. The van der Waals surface area contributed by atoms with Crippen molar-refractivity contribution < 1.29 is 78.5 Å². The highest BCUT2D eigenvalue weighted by Crippen LogP contribution is 2.45. The molecule has 12 aromatic rings. The summed E-state index contributed by atoms with van der Waals surface area (Å²) in [6.07, 6.45) is 7.75. The standard InChI is InChI=1S/C24H18Cl3F2NO.C24H20Cl3F2N.C18H18Cl3NO2.C12H12Cl2O3.C7H8O4S.C6H4Cl2.C6H6ClN.C6H9ClO3.CH4.H2S/c25-16-3-6-18(7-4-16)30-23(19-8-5-17(26)13-20(19)27)10-2-15(24(30)31)11-14-1-9-21(28)22(29)12-14;25-17-3-6-19(7-4-17)30-14-16(11-15-1-9-22(28)23(29)12-15)2-10-24(30)20-8-5-18(26)13-21(20)27;1-24-18(23)4-2-3-17(15-10-7-13(20)11-16(15)21)22-14-8-5-12(19)6-9-14;1-17-12(16)4-2-3-11(15)9-6-5-8(13)7-10(9)14;1-6-2-4-7(5-3-6)12(9,10)11-8;7-5-2-1-3-6(8)4-5;7-5-1-3-6(8)4-2-5;1-10-6(9)4-2-3-5(7)8;;/h1,3-9,12-13,15,23H,2,10-11H2;1,3-9,12-13,16,24H,2,10-11,14H2;5-11,17,22H,2-4H2,1H3;5-7H,2-4H2,1H3;2-5,8H,1H3;1-4H;1-4H,8H2;2-4H2,1H3;1H4;1H2/t15-,23-;16-,24-;;;;;;;;/m00......../s1. The molecule has 2 fully saturated rings. The Balaban J connectivity index is 0.000000299. The van der Waals surface area contributed by atoms with Crippen LogP contribution in [0.1, 0.15) is 153 Å². The molecule has 760 valence electrons. The van der Waals surface area contributed by atoms with E-state index in [2.05, 4.69) is 24.0 Å². The Morgan fingerprint density at radius 1 is 0.451 bits per heavy atom. The molecular weight excluding hydrogens is 2190 g/mol. The van der Waals surface area contributed by atoms with E-state index in [0.29, 0.717) is 139 Å². The van der Waals surface area contributed by atoms with Crippen LogP contribution in [0.15, 0.2) is 260 Å². The molecule has 14 rings (SSSR count). The zero-order chi connectivity index (χ0) is 103. The number of hydrogen-bond acceptors (Lipinski definition) is 16. The number of methoxy groups -OCH3 is 3. The molecule has 0 radical (unpaired) electrons. The number of rotatable bonds is 26. The number of esters is 3. The first kappa shape index (κ1) is 124. The van der Waals surface area contributed by atoms with Crippen molar-refractivity contribution in [2.24, 2.45) is 11.8 Å². The molecule has 2 aliphatic rings. The smallest absolute Gasteiger partial charge is 0.323 e. The Labute approximate surface area is 907 Å². The van der Waals surface area contributed by atoms with E-state index in [-0.39, 0.29) is 105 Å². The minimum Gasteiger partial charge on any atom is -0.469 e. The van der Waals surface area contributed by atoms with Crippen LogP contribution in [0, 0.1) is 42.0 Å². The molecule has 2 aliphatic heterocycles. The maximum atomic E-state index is 13.7. The van der Waals surface area contributed by atoms with Crippen LogP contribution in [-0.2, 0) is 65.5 Å². The summed E-state index contributed by atoms with van der Waals surface area (Å²) < 4.78 is 92.4. The minimum absolute atomic E-state index is 0. The van der Waals surface area contributed by atoms with E-state index < -0.39 is 38.6 Å². The Hall–Kier alpha value is -8.45. The van der Waals surface area contributed by atoms with Gasteiger partial charge in [-0.15, -0.1) is 4.33 Å². The summed E-state index contributed by atoms with van der Waals surface area (Å²) in [4.78, 5) is 72.1. The third-order valence-corrected chi connectivity index (χ3v) is 26.1. The number of nitrogens with one attached hydrogen (secondary N) is 1. The molecule has 1 unspecified atom stereocenters. The number of benzene rings is 12. The first-order chi connectivity index (χ1) is 66.6. The highest BCUT2D eigenvalue weighted by atomic mass is 35.5. The van der Waals surface area contributed by atoms with Gasteiger partial charge >= 0.3 is 28.0 Å². The summed E-state index contributed by atoms with van der Waals surface area (Å²) in [6.45, 7) is 2.60. The lowest BCUT2D eigenvalue weighted by Crippen LogP contribution is -2.44. The van der Waals surface area contributed by atoms with Crippen molar-refractivity contribution >= 4 is 255 Å². The molecule has 2 heterocycles. The van der Waals surface area contributed by atoms with Crippen LogP contribution in [0.25, 0.3) is 0 Å². The van der Waals surface area contributed by atoms with Crippen LogP contribution in [-0.4, -0.2) is 76.4 Å². The second-order valence-electron chi connectivity index (χ2n) is 31.2. The quantitative estimate of drug-likeness (QED) is 0.00668. The third kappa shape index (κ3) is 42.9. The largest absolute Gasteiger partial charge is 0.469 e. The SMILES string of the molecule is C.COC(=O)CCCC(=O)Cl.COC(=O)CCCC(=O)c1ccc(Cl)cc1Cl.COC(=O)CCCC(Nc1ccc(Cl)cc1)c1ccc(Cl)cc1Cl.Cc1ccc(S(=O)(=O)OO)cc1.Clc1cccc(Cl)c1.Fc1ccc(C[C@@H]2CC[C@@H](c3ccc(Cl)cc3Cl)N(c3ccc(Cl)cc3)C2)cc1F.Nc1ccc(Cl)cc1.O=C1[C@H](Cc2ccc(F)c(F)c2)CC[C@@H](c2ccc(Cl)cc2Cl)N1c1ccc(Cl)cc1.S. The third-order valence-electron chi connectivity index (χ3n) is 21.2. The molecule has 0 aliphatic carbocycles. The van der Waals surface area contributed by atoms with Gasteiger partial charge in [-0.3, -0.25) is 28.8 Å². The van der Waals surface area contributed by atoms with E-state index in [4.69, 9.17) is 190 Å². The zero-order valence-corrected chi connectivity index (χ0v) is 89.0. The molecule has 1 amide bonds. The number of aryl methyl sites for hydroxylation is 1. The number of carbonyl (C=O) groups excluding carboxylic acids is 6. The van der Waals surface area contributed by atoms with Gasteiger partial charge in [0.15, 0.2) is 29.1 Å². The molecular formula is C104H101Cl15F4N4O13S2. The molecule has 0 aromatic heterocycles. The first-order valence-corrected chi connectivity index (χ1v) is 49.9. The molecule has 2 saturated heterocycles. The number of ketones is 1. The van der Waals surface area contributed by atoms with Crippen molar-refractivity contribution in [3.8, 4) is 0 Å². The topological polar surface area (TPSA) is 238 Å². The van der Waals surface area contributed by atoms with E-state index in [0.717, 1.165) is 87.8 Å². The Bertz CT molecular complexity index is 6170. The normalized spacial score (nSPS) is 14.0. The number of Topliss-reactive ketones (excluding diaryl/α,β-unsaturated/α-hetero) is 1. The fourth-order valence-corrected chi connectivity index (χ4v) is 17.9. The number of nitrogen functional groups attached to an aromatic ring is 1. The highest BCUT2D eigenvalue weighted by Gasteiger charge is 2.39. The zero-order valence-electron chi connectivity index (χ0n) is 75.9. The number of anilines is 4. The van der Waals surface area contributed by atoms with Crippen molar-refractivity contribution in [2.45, 2.75) is 134 Å². The lowest BCUT2D eigenvalue weighted by atomic mass is 9.84. The van der Waals surface area contributed by atoms with E-state index in [9.17, 15) is 54.7 Å². The minimum atomic E-state index is -3.96. The molecule has 17 nitrogen and oxygen atoms in total. The van der Waals surface area contributed by atoms with Crippen molar-refractivity contribution in [3.63, 3.8) is 0 Å². The Morgan fingerprint density at radius 2 is 0.873 bits per heavy atom. The Morgan fingerprint density at radius 3 is 1.32 bits per heavy atom. The molecule has 0 bridgehead atoms. The second kappa shape index (κ2) is 63.8. The molecule has 38 heteroatoms. The van der Waals surface area contributed by atoms with Crippen LogP contribution in [0.3, 0.4) is 0 Å². The van der Waals surface area contributed by atoms with Crippen LogP contribution in [0.5, 0.6) is 0 Å². The fourth-order valence-electron chi connectivity index (χ4n) is 14.2. The molecule has 142 heavy (non-hydrogen) atoms. The number of nitrogens with zero attached hydrogens (tertiary/aromatic N) is 2. The predicted molar refractivity (Wildman–Crippen MR) is 577 cm³/mol. The van der Waals surface area contributed by atoms with Crippen LogP contribution in [0.2, 0.25) is 70.3 Å². The predicted octanol–water partition coefficient (Wildman–Crippen LogP) is 33.4. The number of carbonyl (C=O) groups is 6. The van der Waals surface area contributed by atoms with Gasteiger partial charge in [0.2, 0.25) is 11.1 Å². The molecule has 5 atom stereocenters. The second-order valence-corrected chi connectivity index (χ2v) is 39.2. The van der Waals surface area contributed by atoms with Gasteiger partial charge in [-0.25, -0.2) is 22.8 Å². The molecule has 0 saturated carbocycles. The van der Waals surface area contributed by atoms with Crippen LogP contribution in [0.4, 0.5) is 40.3 Å². The lowest BCUT2D eigenvalue weighted by Gasteiger charge is -2.42. The molecule has 0 spiro atoms. The van der Waals surface area contributed by atoms with Gasteiger partial charge in [-0.2, -0.15) is 21.9 Å². The Kier molecular flexibility index (Phi) is 55.8. The van der Waals surface area contributed by atoms with Crippen LogP contribution >= 0.6 is 188 Å². The van der Waals surface area contributed by atoms with Crippen molar-refractivity contribution in [1.82, 2.24) is 0 Å². The number of amides is 1. The maximum Gasteiger partial charge on any atom is 0.323 e. The van der Waals surface area contributed by atoms with E-state index in [1.54, 1.807) is 132 Å². The summed E-state index contributed by atoms with van der Waals surface area (Å²) in [7, 11) is 0.0613. The maximum absolute atomic E-state index is 13.7. The van der Waals surface area contributed by atoms with Crippen molar-refractivity contribution in [1.29, 1.82) is 0 Å². The van der Waals surface area contributed by atoms with Crippen molar-refractivity contribution in [3.05, 3.63) is 387 Å². The highest BCUT2D eigenvalue weighted by molar-refractivity contribution is 7.86. The fraction of sp³-hybridized carbons (Fsp3) is 0.250. The number of hydrogen-bond donors (Lipinski definition) is 3. The van der Waals surface area contributed by atoms with Gasteiger partial charge in [0, 0.05) is 138 Å². The van der Waals surface area contributed by atoms with Gasteiger partial charge < -0.3 is 35.1 Å². The number of halogens is 19. The van der Waals surface area contributed by atoms with Gasteiger partial charge in [-0.05, 0) is 323 Å². The van der Waals surface area contributed by atoms with E-state index in [1.165, 1.54) is 57.7 Å². The summed E-state index contributed by atoms with van der Waals surface area (Å²) in [5.74, 6) is -4.56. The number of ether oxygens (including phenoxy) is 3. The number of nitrogens with two attached hydrogens (primary N) is 1. The van der Waals surface area contributed by atoms with Crippen LogP contribution < -0.4 is 20.9 Å². The monoisotopic (exact) mass is 2280 g/mol. The lowest BCUT2D eigenvalue weighted by molar-refractivity contribution is -0.141. The average Bonchev–Trinajstić information content (AvgIpc) is 0.703. The van der Waals surface area contributed by atoms with Gasteiger partial charge in [0.25, 0.3) is 0 Å². The number of piperidine rings is 2. The summed E-state index contributed by atoms with van der Waals surface area (Å²) in [6, 6.07) is 71.0. The molecule has 12 aromatic carbocycles.